The molecule has 2 N–H and O–H groups in total. The normalized spacial score (nSPS) is 20.9. The summed E-state index contributed by atoms with van der Waals surface area (Å²) >= 11 is 6.07. The molecule has 36 heavy (non-hydrogen) atoms. The number of piperidine rings is 1. The fourth-order valence-electron chi connectivity index (χ4n) is 4.76. The van der Waals surface area contributed by atoms with Gasteiger partial charge in [-0.05, 0) is 42.5 Å². The number of benzene rings is 1. The first-order valence-corrected chi connectivity index (χ1v) is 12.7. The molecule has 1 aromatic carbocycles. The highest BCUT2D eigenvalue weighted by atomic mass is 35.5. The lowest BCUT2D eigenvalue weighted by atomic mass is 9.94. The van der Waals surface area contributed by atoms with E-state index in [4.69, 9.17) is 26.6 Å². The second-order valence-electron chi connectivity index (χ2n) is 9.89. The van der Waals surface area contributed by atoms with Crippen molar-refractivity contribution >= 4 is 23.6 Å². The minimum Gasteiger partial charge on any atom is -0.490 e. The molecule has 3 aromatic rings. The maximum Gasteiger partial charge on any atom is 0.324 e. The van der Waals surface area contributed by atoms with Crippen molar-refractivity contribution in [2.24, 2.45) is 11.7 Å². The average Bonchev–Trinajstić information content (AvgIpc) is 3.52. The third-order valence-electron chi connectivity index (χ3n) is 6.94. The topological polar surface area (TPSA) is 106 Å². The van der Waals surface area contributed by atoms with Gasteiger partial charge in [0.2, 0.25) is 5.95 Å². The van der Waals surface area contributed by atoms with Crippen molar-refractivity contribution in [3.8, 4) is 5.75 Å². The van der Waals surface area contributed by atoms with Gasteiger partial charge >= 0.3 is 6.01 Å². The molecule has 4 heterocycles. The van der Waals surface area contributed by atoms with Gasteiger partial charge in [-0.1, -0.05) is 30.6 Å². The van der Waals surface area contributed by atoms with Crippen LogP contribution in [0, 0.1) is 11.7 Å². The van der Waals surface area contributed by atoms with E-state index in [0.29, 0.717) is 53.9 Å². The summed E-state index contributed by atoms with van der Waals surface area (Å²) in [6, 6.07) is 4.93. The number of halogens is 2. The molecule has 2 atom stereocenters. The standard InChI is InChI=1S/C25H31ClFN7O2/c1-15(2)23-31-25(36-32-23)33-7-5-16(6-8-33)14-35-18-10-29-24(30-11-18)34-12-20(22(28)13-34)19-9-17(26)3-4-21(19)27/h3-4,9-11,15-16,20,22H,5-8,12-14,28H2,1-2H3/t20-,22?/m1/s1. The van der Waals surface area contributed by atoms with E-state index in [2.05, 4.69) is 25.0 Å². The van der Waals surface area contributed by atoms with E-state index in [1.165, 1.54) is 6.07 Å². The lowest BCUT2D eigenvalue weighted by Gasteiger charge is -2.30. The van der Waals surface area contributed by atoms with Crippen LogP contribution in [-0.4, -0.2) is 58.9 Å². The lowest BCUT2D eigenvalue weighted by molar-refractivity contribution is 0.219. The first-order valence-electron chi connectivity index (χ1n) is 12.4. The van der Waals surface area contributed by atoms with Gasteiger partial charge in [-0.15, -0.1) is 0 Å². The molecule has 0 saturated carbocycles. The summed E-state index contributed by atoms with van der Waals surface area (Å²) in [6.07, 6.45) is 5.32. The van der Waals surface area contributed by atoms with Gasteiger partial charge in [0, 0.05) is 49.1 Å². The van der Waals surface area contributed by atoms with Crippen LogP contribution < -0.4 is 20.3 Å². The zero-order valence-electron chi connectivity index (χ0n) is 20.5. The number of nitrogens with zero attached hydrogens (tertiary/aromatic N) is 6. The van der Waals surface area contributed by atoms with Crippen LogP contribution in [0.2, 0.25) is 5.02 Å². The quantitative estimate of drug-likeness (QED) is 0.499. The Kier molecular flexibility index (Phi) is 7.25. The van der Waals surface area contributed by atoms with Crippen LogP contribution in [0.4, 0.5) is 16.4 Å². The van der Waals surface area contributed by atoms with Gasteiger partial charge < -0.3 is 24.8 Å². The Morgan fingerprint density at radius 1 is 1.17 bits per heavy atom. The predicted molar refractivity (Wildman–Crippen MR) is 135 cm³/mol. The molecular weight excluding hydrogens is 485 g/mol. The third-order valence-corrected chi connectivity index (χ3v) is 7.17. The number of hydrogen-bond acceptors (Lipinski definition) is 9. The Morgan fingerprint density at radius 2 is 1.92 bits per heavy atom. The van der Waals surface area contributed by atoms with Crippen molar-refractivity contribution in [2.75, 3.05) is 42.6 Å². The van der Waals surface area contributed by atoms with Gasteiger partial charge in [0.15, 0.2) is 11.6 Å². The summed E-state index contributed by atoms with van der Waals surface area (Å²) in [5.41, 5.74) is 6.86. The van der Waals surface area contributed by atoms with E-state index < -0.39 is 0 Å². The van der Waals surface area contributed by atoms with Crippen molar-refractivity contribution in [1.82, 2.24) is 20.1 Å². The maximum absolute atomic E-state index is 14.4. The number of aromatic nitrogens is 4. The summed E-state index contributed by atoms with van der Waals surface area (Å²) in [5.74, 6) is 2.11. The first kappa shape index (κ1) is 24.7. The van der Waals surface area contributed by atoms with Crippen LogP contribution in [0.3, 0.4) is 0 Å². The first-order chi connectivity index (χ1) is 17.4. The fraction of sp³-hybridized carbons (Fsp3) is 0.520. The number of ether oxygens (including phenoxy) is 1. The number of rotatable bonds is 7. The average molecular weight is 516 g/mol. The van der Waals surface area contributed by atoms with Crippen molar-refractivity contribution in [1.29, 1.82) is 0 Å². The molecule has 0 radical (unpaired) electrons. The summed E-state index contributed by atoms with van der Waals surface area (Å²) in [4.78, 5) is 17.5. The van der Waals surface area contributed by atoms with Crippen LogP contribution in [-0.2, 0) is 0 Å². The molecule has 0 amide bonds. The number of hydrogen-bond donors (Lipinski definition) is 1. The van der Waals surface area contributed by atoms with Crippen molar-refractivity contribution in [3.05, 3.63) is 52.8 Å². The predicted octanol–water partition coefficient (Wildman–Crippen LogP) is 4.00. The molecule has 0 bridgehead atoms. The van der Waals surface area contributed by atoms with Crippen LogP contribution in [0.25, 0.3) is 0 Å². The molecule has 192 valence electrons. The van der Waals surface area contributed by atoms with Gasteiger partial charge in [0.05, 0.1) is 19.0 Å². The minimum atomic E-state index is -0.297. The molecule has 2 aliphatic rings. The van der Waals surface area contributed by atoms with Crippen molar-refractivity contribution in [3.63, 3.8) is 0 Å². The summed E-state index contributed by atoms with van der Waals surface area (Å²) in [5, 5.41) is 4.55. The van der Waals surface area contributed by atoms with E-state index in [9.17, 15) is 4.39 Å². The monoisotopic (exact) mass is 515 g/mol. The smallest absolute Gasteiger partial charge is 0.324 e. The molecule has 2 fully saturated rings. The summed E-state index contributed by atoms with van der Waals surface area (Å²) < 4.78 is 25.8. The zero-order chi connectivity index (χ0) is 25.2. The largest absolute Gasteiger partial charge is 0.490 e. The Balaban J connectivity index is 1.11. The molecule has 2 aromatic heterocycles. The maximum atomic E-state index is 14.4. The molecule has 2 aliphatic heterocycles. The van der Waals surface area contributed by atoms with E-state index in [1.54, 1.807) is 24.5 Å². The van der Waals surface area contributed by atoms with E-state index in [0.717, 1.165) is 31.8 Å². The van der Waals surface area contributed by atoms with Crippen LogP contribution >= 0.6 is 11.6 Å². The van der Waals surface area contributed by atoms with Gasteiger partial charge in [-0.3, -0.25) is 0 Å². The minimum absolute atomic E-state index is 0.182. The highest BCUT2D eigenvalue weighted by molar-refractivity contribution is 6.30. The third kappa shape index (κ3) is 5.39. The Labute approximate surface area is 214 Å². The summed E-state index contributed by atoms with van der Waals surface area (Å²) in [7, 11) is 0. The molecule has 2 saturated heterocycles. The van der Waals surface area contributed by atoms with Crippen molar-refractivity contribution < 1.29 is 13.7 Å². The molecule has 9 nitrogen and oxygen atoms in total. The zero-order valence-corrected chi connectivity index (χ0v) is 21.2. The Bertz CT molecular complexity index is 1170. The lowest BCUT2D eigenvalue weighted by Crippen LogP contribution is -2.35. The molecule has 1 unspecified atom stereocenters. The van der Waals surface area contributed by atoms with Gasteiger partial charge in [0.1, 0.15) is 5.82 Å². The van der Waals surface area contributed by atoms with E-state index >= 15 is 0 Å². The fourth-order valence-corrected chi connectivity index (χ4v) is 4.94. The molecule has 0 spiro atoms. The number of nitrogens with two attached hydrogens (primary N) is 1. The van der Waals surface area contributed by atoms with Crippen LogP contribution in [0.5, 0.6) is 5.75 Å². The van der Waals surface area contributed by atoms with Gasteiger partial charge in [-0.2, -0.15) is 4.98 Å². The molecule has 0 aliphatic carbocycles. The highest BCUT2D eigenvalue weighted by Gasteiger charge is 2.34. The Hall–Kier alpha value is -2.98. The molecular formula is C25H31ClFN7O2. The second-order valence-corrected chi connectivity index (χ2v) is 10.3. The summed E-state index contributed by atoms with van der Waals surface area (Å²) in [6.45, 7) is 7.47. The number of anilines is 2. The van der Waals surface area contributed by atoms with E-state index in [-0.39, 0.29) is 23.7 Å². The second kappa shape index (κ2) is 10.6. The van der Waals surface area contributed by atoms with Gasteiger partial charge in [-0.25, -0.2) is 14.4 Å². The SMILES string of the molecule is CC(C)c1noc(N2CCC(COc3cnc(N4CC(N)[C@@H](c5cc(Cl)ccc5F)C4)nc3)CC2)n1. The van der Waals surface area contributed by atoms with Crippen LogP contribution in [0.1, 0.15) is 49.9 Å². The molecule has 11 heteroatoms. The Morgan fingerprint density at radius 3 is 2.61 bits per heavy atom. The highest BCUT2D eigenvalue weighted by Crippen LogP contribution is 2.32. The van der Waals surface area contributed by atoms with Crippen molar-refractivity contribution in [2.45, 2.75) is 44.6 Å². The van der Waals surface area contributed by atoms with E-state index in [1.807, 2.05) is 18.7 Å². The van der Waals surface area contributed by atoms with Crippen LogP contribution in [0.15, 0.2) is 35.1 Å². The van der Waals surface area contributed by atoms with Gasteiger partial charge in [0.25, 0.3) is 0 Å². The molecule has 5 rings (SSSR count).